The van der Waals surface area contributed by atoms with Crippen LogP contribution in [0.4, 0.5) is 0 Å². The lowest BCUT2D eigenvalue weighted by Crippen LogP contribution is -2.37. The Kier molecular flexibility index (Phi) is 5.70. The SMILES string of the molecule is CNC(=O)CCC(C=O)N1Cc2cc(-c3cnn(C)c3-c3ccc4scnc4c3)ccc2C1=O. The Morgan fingerprint density at radius 3 is 2.82 bits per heavy atom. The van der Waals surface area contributed by atoms with Crippen LogP contribution < -0.4 is 5.32 Å². The normalized spacial score (nSPS) is 13.8. The summed E-state index contributed by atoms with van der Waals surface area (Å²) in [5.74, 6) is -0.339. The van der Waals surface area contributed by atoms with E-state index in [1.54, 1.807) is 23.3 Å². The molecule has 172 valence electrons. The molecule has 8 nitrogen and oxygen atoms in total. The number of nitrogens with zero attached hydrogens (tertiary/aromatic N) is 4. The number of hydrogen-bond donors (Lipinski definition) is 1. The van der Waals surface area contributed by atoms with E-state index >= 15 is 0 Å². The van der Waals surface area contributed by atoms with Crippen molar-refractivity contribution in [3.63, 3.8) is 0 Å². The molecule has 0 radical (unpaired) electrons. The van der Waals surface area contributed by atoms with E-state index in [1.807, 2.05) is 41.6 Å². The summed E-state index contributed by atoms with van der Waals surface area (Å²) in [6.45, 7) is 0.333. The molecule has 9 heteroatoms. The van der Waals surface area contributed by atoms with Gasteiger partial charge in [0.15, 0.2) is 0 Å². The van der Waals surface area contributed by atoms with Gasteiger partial charge in [-0.05, 0) is 41.8 Å². The topological polar surface area (TPSA) is 97.2 Å². The number of carbonyl (C=O) groups excluding carboxylic acids is 3. The van der Waals surface area contributed by atoms with Crippen LogP contribution in [0, 0.1) is 0 Å². The fourth-order valence-electron chi connectivity index (χ4n) is 4.48. The number of thiazole rings is 1. The van der Waals surface area contributed by atoms with Crippen LogP contribution in [-0.4, -0.2) is 50.9 Å². The van der Waals surface area contributed by atoms with Gasteiger partial charge in [-0.2, -0.15) is 5.10 Å². The van der Waals surface area contributed by atoms with Gasteiger partial charge in [0.05, 0.1) is 33.7 Å². The molecule has 34 heavy (non-hydrogen) atoms. The number of amides is 2. The molecule has 2 aromatic heterocycles. The monoisotopic (exact) mass is 473 g/mol. The molecule has 4 aromatic rings. The molecule has 0 spiro atoms. The van der Waals surface area contributed by atoms with Crippen LogP contribution in [0.2, 0.25) is 0 Å². The van der Waals surface area contributed by atoms with Crippen LogP contribution in [0.3, 0.4) is 0 Å². The number of carbonyl (C=O) groups is 3. The summed E-state index contributed by atoms with van der Waals surface area (Å²) in [6.07, 6.45) is 3.06. The molecule has 3 heterocycles. The van der Waals surface area contributed by atoms with E-state index < -0.39 is 6.04 Å². The van der Waals surface area contributed by atoms with Crippen molar-refractivity contribution in [1.82, 2.24) is 25.0 Å². The number of benzene rings is 2. The van der Waals surface area contributed by atoms with Crippen LogP contribution in [0.1, 0.15) is 28.8 Å². The lowest BCUT2D eigenvalue weighted by Gasteiger charge is -2.22. The fourth-order valence-corrected chi connectivity index (χ4v) is 5.14. The molecule has 0 saturated carbocycles. The van der Waals surface area contributed by atoms with E-state index in [1.165, 1.54) is 0 Å². The summed E-state index contributed by atoms with van der Waals surface area (Å²) in [6, 6.07) is 11.3. The number of aryl methyl sites for hydroxylation is 1. The highest BCUT2D eigenvalue weighted by molar-refractivity contribution is 7.16. The van der Waals surface area contributed by atoms with Gasteiger partial charge >= 0.3 is 0 Å². The van der Waals surface area contributed by atoms with E-state index in [-0.39, 0.29) is 18.2 Å². The number of aldehydes is 1. The molecule has 1 aliphatic heterocycles. The third kappa shape index (κ3) is 3.77. The predicted octanol–water partition coefficient (Wildman–Crippen LogP) is 3.41. The van der Waals surface area contributed by atoms with Gasteiger partial charge in [-0.25, -0.2) is 4.98 Å². The lowest BCUT2D eigenvalue weighted by atomic mass is 9.98. The smallest absolute Gasteiger partial charge is 0.255 e. The Morgan fingerprint density at radius 1 is 1.21 bits per heavy atom. The minimum absolute atomic E-state index is 0.154. The highest BCUT2D eigenvalue weighted by Crippen LogP contribution is 2.36. The molecule has 0 bridgehead atoms. The highest BCUT2D eigenvalue weighted by atomic mass is 32.1. The Labute approximate surface area is 200 Å². The number of hydrogen-bond acceptors (Lipinski definition) is 6. The van der Waals surface area contributed by atoms with E-state index in [0.717, 1.165) is 44.5 Å². The van der Waals surface area contributed by atoms with E-state index in [2.05, 4.69) is 33.6 Å². The minimum atomic E-state index is -0.639. The first-order valence-corrected chi connectivity index (χ1v) is 11.8. The van der Waals surface area contributed by atoms with Gasteiger partial charge < -0.3 is 15.0 Å². The van der Waals surface area contributed by atoms with Crippen molar-refractivity contribution >= 4 is 39.7 Å². The van der Waals surface area contributed by atoms with Crippen molar-refractivity contribution in [2.24, 2.45) is 7.05 Å². The quantitative estimate of drug-likeness (QED) is 0.415. The maximum atomic E-state index is 13.0. The molecular weight excluding hydrogens is 450 g/mol. The van der Waals surface area contributed by atoms with Gasteiger partial charge in [-0.1, -0.05) is 12.1 Å². The highest BCUT2D eigenvalue weighted by Gasteiger charge is 2.33. The van der Waals surface area contributed by atoms with Crippen LogP contribution >= 0.6 is 11.3 Å². The Balaban J connectivity index is 1.46. The molecule has 0 aliphatic carbocycles. The van der Waals surface area contributed by atoms with Crippen molar-refractivity contribution in [3.8, 4) is 22.4 Å². The Morgan fingerprint density at radius 2 is 2.03 bits per heavy atom. The minimum Gasteiger partial charge on any atom is -0.359 e. The van der Waals surface area contributed by atoms with E-state index in [4.69, 9.17) is 0 Å². The average Bonchev–Trinajstić information content (AvgIpc) is 3.56. The van der Waals surface area contributed by atoms with Crippen molar-refractivity contribution in [2.75, 3.05) is 7.05 Å². The molecular formula is C25H23N5O3S. The van der Waals surface area contributed by atoms with Crippen molar-refractivity contribution in [3.05, 3.63) is 59.2 Å². The molecule has 1 aliphatic rings. The zero-order chi connectivity index (χ0) is 23.8. The zero-order valence-corrected chi connectivity index (χ0v) is 19.6. The van der Waals surface area contributed by atoms with Crippen LogP contribution in [-0.2, 0) is 23.2 Å². The number of aromatic nitrogens is 3. The summed E-state index contributed by atoms with van der Waals surface area (Å²) >= 11 is 1.61. The molecule has 1 atom stereocenters. The summed E-state index contributed by atoms with van der Waals surface area (Å²) < 4.78 is 2.97. The molecule has 1 unspecified atom stereocenters. The number of rotatable bonds is 7. The third-order valence-corrected chi connectivity index (χ3v) is 7.10. The predicted molar refractivity (Wildman–Crippen MR) is 130 cm³/mol. The summed E-state index contributed by atoms with van der Waals surface area (Å²) in [4.78, 5) is 42.3. The van der Waals surface area contributed by atoms with Gasteiger partial charge in [0.2, 0.25) is 5.91 Å². The molecule has 1 N–H and O–H groups in total. The number of nitrogens with one attached hydrogen (secondary N) is 1. The van der Waals surface area contributed by atoms with Gasteiger partial charge in [0.1, 0.15) is 6.29 Å². The maximum absolute atomic E-state index is 13.0. The number of fused-ring (bicyclic) bond motifs is 2. The van der Waals surface area contributed by atoms with Gasteiger partial charge in [0, 0.05) is 43.8 Å². The first-order chi connectivity index (χ1) is 16.5. The maximum Gasteiger partial charge on any atom is 0.255 e. The molecule has 2 amide bonds. The van der Waals surface area contributed by atoms with Crippen LogP contribution in [0.5, 0.6) is 0 Å². The second kappa shape index (κ2) is 8.83. The van der Waals surface area contributed by atoms with E-state index in [0.29, 0.717) is 18.5 Å². The molecule has 5 rings (SSSR count). The molecule has 0 saturated heterocycles. The fraction of sp³-hybridized carbons (Fsp3) is 0.240. The molecule has 2 aromatic carbocycles. The largest absolute Gasteiger partial charge is 0.359 e. The summed E-state index contributed by atoms with van der Waals surface area (Å²) in [5.41, 5.74) is 8.11. The standard InChI is InChI=1S/C25H23N5O3S/c1-26-23(32)8-5-18(13-31)30-12-17-9-15(3-6-19(17)25(30)33)20-11-28-29(2)24(20)16-4-7-22-21(10-16)27-14-34-22/h3-4,6-7,9-11,13-14,18H,5,8,12H2,1-2H3,(H,26,32). The summed E-state index contributed by atoms with van der Waals surface area (Å²) in [7, 11) is 3.46. The average molecular weight is 474 g/mol. The molecule has 0 fully saturated rings. The first-order valence-electron chi connectivity index (χ1n) is 11.0. The second-order valence-electron chi connectivity index (χ2n) is 8.29. The van der Waals surface area contributed by atoms with Crippen molar-refractivity contribution in [2.45, 2.75) is 25.4 Å². The van der Waals surface area contributed by atoms with Crippen molar-refractivity contribution in [1.29, 1.82) is 0 Å². The Hall–Kier alpha value is -3.85. The lowest BCUT2D eigenvalue weighted by molar-refractivity contribution is -0.121. The van der Waals surface area contributed by atoms with E-state index in [9.17, 15) is 14.4 Å². The second-order valence-corrected chi connectivity index (χ2v) is 9.17. The van der Waals surface area contributed by atoms with Gasteiger partial charge in [0.25, 0.3) is 5.91 Å². The van der Waals surface area contributed by atoms with Crippen LogP contribution in [0.15, 0.2) is 48.1 Å². The van der Waals surface area contributed by atoms with Gasteiger partial charge in [-0.3, -0.25) is 14.3 Å². The third-order valence-electron chi connectivity index (χ3n) is 6.29. The van der Waals surface area contributed by atoms with Crippen LogP contribution in [0.25, 0.3) is 32.6 Å². The first kappa shape index (κ1) is 22.0. The summed E-state index contributed by atoms with van der Waals surface area (Å²) in [5, 5.41) is 7.04. The zero-order valence-electron chi connectivity index (χ0n) is 18.8. The van der Waals surface area contributed by atoms with Crippen molar-refractivity contribution < 1.29 is 14.4 Å². The Bertz CT molecular complexity index is 1420. The van der Waals surface area contributed by atoms with Gasteiger partial charge in [-0.15, -0.1) is 11.3 Å².